The third kappa shape index (κ3) is 13.4. The second-order valence-electron chi connectivity index (χ2n) is 4.40. The summed E-state index contributed by atoms with van der Waals surface area (Å²) in [5.41, 5.74) is 0. The van der Waals surface area contributed by atoms with Crippen LogP contribution >= 0.6 is 12.2 Å². The first-order valence-electron chi connectivity index (χ1n) is 6.93. The molecule has 0 aromatic carbocycles. The van der Waals surface area contributed by atoms with Gasteiger partial charge in [-0.1, -0.05) is 57.9 Å². The highest BCUT2D eigenvalue weighted by atomic mass is 32.1. The van der Waals surface area contributed by atoms with Crippen molar-refractivity contribution in [2.24, 2.45) is 0 Å². The minimum atomic E-state index is 0.739. The average Bonchev–Trinajstić information content (AvgIpc) is 2.34. The van der Waals surface area contributed by atoms with Crippen LogP contribution in [0, 0.1) is 0 Å². The molecule has 0 atom stereocenters. The minimum absolute atomic E-state index is 0.739. The Kier molecular flexibility index (Phi) is 13.0. The van der Waals surface area contributed by atoms with Crippen molar-refractivity contribution in [3.63, 3.8) is 0 Å². The van der Waals surface area contributed by atoms with E-state index >= 15 is 0 Å². The van der Waals surface area contributed by atoms with Gasteiger partial charge in [0.15, 0.2) is 5.11 Å². The Morgan fingerprint density at radius 1 is 1.00 bits per heavy atom. The van der Waals surface area contributed by atoms with Gasteiger partial charge in [0.25, 0.3) is 0 Å². The Bertz CT molecular complexity index is 193. The molecule has 0 unspecified atom stereocenters. The van der Waals surface area contributed by atoms with Crippen LogP contribution in [0.5, 0.6) is 0 Å². The monoisotopic (exact) mass is 256 g/mol. The van der Waals surface area contributed by atoms with Gasteiger partial charge in [-0.2, -0.15) is 0 Å². The highest BCUT2D eigenvalue weighted by Crippen LogP contribution is 2.07. The van der Waals surface area contributed by atoms with Crippen LogP contribution in [0.2, 0.25) is 0 Å². The third-order valence-electron chi connectivity index (χ3n) is 2.72. The molecule has 0 saturated heterocycles. The summed E-state index contributed by atoms with van der Waals surface area (Å²) in [7, 11) is 0. The molecule has 0 heterocycles. The largest absolute Gasteiger partial charge is 0.363 e. The standard InChI is InChI=1S/C14H28N2S/c1-3-5-6-7-8-9-10-11-13-16-14(17)15-12-4-2/h4H,2-3,5-13H2,1H3,(H2,15,16,17). The zero-order valence-electron chi connectivity index (χ0n) is 11.3. The number of thiocarbonyl (C=S) groups is 1. The smallest absolute Gasteiger partial charge is 0.166 e. The fraction of sp³-hybridized carbons (Fsp3) is 0.786. The summed E-state index contributed by atoms with van der Waals surface area (Å²) in [5, 5.41) is 7.00. The van der Waals surface area contributed by atoms with Gasteiger partial charge < -0.3 is 10.6 Å². The predicted molar refractivity (Wildman–Crippen MR) is 81.4 cm³/mol. The van der Waals surface area contributed by atoms with E-state index in [1.807, 2.05) is 6.08 Å². The number of hydrogen-bond acceptors (Lipinski definition) is 1. The lowest BCUT2D eigenvalue weighted by Gasteiger charge is -2.08. The van der Waals surface area contributed by atoms with E-state index in [-0.39, 0.29) is 0 Å². The van der Waals surface area contributed by atoms with Crippen molar-refractivity contribution in [1.29, 1.82) is 0 Å². The van der Waals surface area contributed by atoms with Crippen molar-refractivity contribution in [3.8, 4) is 0 Å². The molecular weight excluding hydrogens is 228 g/mol. The van der Waals surface area contributed by atoms with Gasteiger partial charge in [-0.25, -0.2) is 0 Å². The van der Waals surface area contributed by atoms with Crippen molar-refractivity contribution in [1.82, 2.24) is 10.6 Å². The Labute approximate surface area is 112 Å². The third-order valence-corrected chi connectivity index (χ3v) is 3.01. The average molecular weight is 256 g/mol. The Hall–Kier alpha value is -0.570. The fourth-order valence-corrected chi connectivity index (χ4v) is 1.87. The maximum absolute atomic E-state index is 5.10. The van der Waals surface area contributed by atoms with Crippen molar-refractivity contribution >= 4 is 17.3 Å². The highest BCUT2D eigenvalue weighted by Gasteiger charge is 1.93. The van der Waals surface area contributed by atoms with E-state index in [4.69, 9.17) is 12.2 Å². The van der Waals surface area contributed by atoms with Gasteiger partial charge in [0, 0.05) is 13.1 Å². The van der Waals surface area contributed by atoms with Crippen LogP contribution in [0.25, 0.3) is 0 Å². The zero-order valence-corrected chi connectivity index (χ0v) is 12.1. The van der Waals surface area contributed by atoms with Gasteiger partial charge >= 0.3 is 0 Å². The molecule has 2 nitrogen and oxygen atoms in total. The molecule has 0 spiro atoms. The van der Waals surface area contributed by atoms with Crippen LogP contribution in [-0.4, -0.2) is 18.2 Å². The van der Waals surface area contributed by atoms with Crippen LogP contribution in [-0.2, 0) is 0 Å². The van der Waals surface area contributed by atoms with Crippen molar-refractivity contribution in [2.45, 2.75) is 58.3 Å². The molecule has 0 amide bonds. The van der Waals surface area contributed by atoms with Gasteiger partial charge in [-0.15, -0.1) is 6.58 Å². The van der Waals surface area contributed by atoms with E-state index in [2.05, 4.69) is 24.1 Å². The first-order valence-corrected chi connectivity index (χ1v) is 7.34. The van der Waals surface area contributed by atoms with Crippen molar-refractivity contribution in [3.05, 3.63) is 12.7 Å². The van der Waals surface area contributed by atoms with E-state index in [1.54, 1.807) is 0 Å². The van der Waals surface area contributed by atoms with Crippen LogP contribution in [0.15, 0.2) is 12.7 Å². The molecule has 0 radical (unpaired) electrons. The molecule has 100 valence electrons. The predicted octanol–water partition coefficient (Wildman–Crippen LogP) is 3.78. The van der Waals surface area contributed by atoms with Gasteiger partial charge in [-0.05, 0) is 18.6 Å². The number of hydrogen-bond donors (Lipinski definition) is 2. The SMILES string of the molecule is C=CCNC(=S)NCCCCCCCCCC. The lowest BCUT2D eigenvalue weighted by atomic mass is 10.1. The Balaban J connectivity index is 3.07. The molecule has 0 saturated carbocycles. The quantitative estimate of drug-likeness (QED) is 0.334. The molecule has 0 aliphatic heterocycles. The molecule has 17 heavy (non-hydrogen) atoms. The van der Waals surface area contributed by atoms with E-state index in [1.165, 1.54) is 51.4 Å². The number of rotatable bonds is 11. The summed E-state index contributed by atoms with van der Waals surface area (Å²) in [5.74, 6) is 0. The fourth-order valence-electron chi connectivity index (χ4n) is 1.69. The maximum atomic E-state index is 5.10. The minimum Gasteiger partial charge on any atom is -0.363 e. The van der Waals surface area contributed by atoms with Crippen LogP contribution in [0.1, 0.15) is 58.3 Å². The number of unbranched alkanes of at least 4 members (excludes halogenated alkanes) is 7. The van der Waals surface area contributed by atoms with Crippen LogP contribution < -0.4 is 10.6 Å². The lowest BCUT2D eigenvalue weighted by molar-refractivity contribution is 0.572. The molecule has 2 N–H and O–H groups in total. The van der Waals surface area contributed by atoms with Gasteiger partial charge in [0.05, 0.1) is 0 Å². The maximum Gasteiger partial charge on any atom is 0.166 e. The van der Waals surface area contributed by atoms with Crippen molar-refractivity contribution < 1.29 is 0 Å². The van der Waals surface area contributed by atoms with Crippen LogP contribution in [0.3, 0.4) is 0 Å². The summed E-state index contributed by atoms with van der Waals surface area (Å²) in [6, 6.07) is 0. The summed E-state index contributed by atoms with van der Waals surface area (Å²) in [4.78, 5) is 0. The Morgan fingerprint density at radius 3 is 2.18 bits per heavy atom. The summed E-state index contributed by atoms with van der Waals surface area (Å²) >= 11 is 5.10. The number of nitrogens with one attached hydrogen (secondary N) is 2. The highest BCUT2D eigenvalue weighted by molar-refractivity contribution is 7.80. The topological polar surface area (TPSA) is 24.1 Å². The van der Waals surface area contributed by atoms with Gasteiger partial charge in [0.1, 0.15) is 0 Å². The van der Waals surface area contributed by atoms with E-state index < -0.39 is 0 Å². The van der Waals surface area contributed by atoms with Gasteiger partial charge in [-0.3, -0.25) is 0 Å². The lowest BCUT2D eigenvalue weighted by Crippen LogP contribution is -2.35. The van der Waals surface area contributed by atoms with E-state index in [9.17, 15) is 0 Å². The first-order chi connectivity index (χ1) is 8.31. The molecule has 0 rings (SSSR count). The van der Waals surface area contributed by atoms with E-state index in [0.29, 0.717) is 0 Å². The molecule has 0 aromatic heterocycles. The molecule has 0 aliphatic rings. The van der Waals surface area contributed by atoms with Crippen LogP contribution in [0.4, 0.5) is 0 Å². The normalized spacial score (nSPS) is 9.94. The molecule has 0 bridgehead atoms. The molecule has 0 aliphatic carbocycles. The van der Waals surface area contributed by atoms with Crippen molar-refractivity contribution in [2.75, 3.05) is 13.1 Å². The van der Waals surface area contributed by atoms with E-state index in [0.717, 1.165) is 18.2 Å². The molecule has 3 heteroatoms. The summed E-state index contributed by atoms with van der Waals surface area (Å²) < 4.78 is 0. The second kappa shape index (κ2) is 13.5. The first kappa shape index (κ1) is 16.4. The summed E-state index contributed by atoms with van der Waals surface area (Å²) in [6.45, 7) is 7.62. The summed E-state index contributed by atoms with van der Waals surface area (Å²) in [6.07, 6.45) is 12.6. The molecule has 0 fully saturated rings. The Morgan fingerprint density at radius 2 is 1.59 bits per heavy atom. The zero-order chi connectivity index (χ0) is 12.8. The molecular formula is C14H28N2S. The van der Waals surface area contributed by atoms with Gasteiger partial charge in [0.2, 0.25) is 0 Å². The second-order valence-corrected chi connectivity index (χ2v) is 4.81. The molecule has 0 aromatic rings.